The van der Waals surface area contributed by atoms with Crippen molar-refractivity contribution < 1.29 is 4.79 Å². The number of likely N-dealkylation sites (tertiary alicyclic amines) is 1. The van der Waals surface area contributed by atoms with Gasteiger partial charge in [0.25, 0.3) is 0 Å². The number of piperidine rings is 1. The Morgan fingerprint density at radius 2 is 2.00 bits per heavy atom. The minimum absolute atomic E-state index is 0.231. The molecular weight excluding hydrogens is 162 g/mol. The van der Waals surface area contributed by atoms with E-state index in [-0.39, 0.29) is 5.91 Å². The van der Waals surface area contributed by atoms with Crippen LogP contribution in [0.25, 0.3) is 0 Å². The summed E-state index contributed by atoms with van der Waals surface area (Å²) in [7, 11) is 0. The van der Waals surface area contributed by atoms with E-state index in [9.17, 15) is 4.79 Å². The molecule has 76 valence electrons. The van der Waals surface area contributed by atoms with E-state index in [0.29, 0.717) is 11.3 Å². The van der Waals surface area contributed by atoms with E-state index >= 15 is 0 Å². The van der Waals surface area contributed by atoms with Gasteiger partial charge in [-0.05, 0) is 24.2 Å². The van der Waals surface area contributed by atoms with Crippen LogP contribution in [0.4, 0.5) is 0 Å². The molecule has 1 saturated heterocycles. The summed E-state index contributed by atoms with van der Waals surface area (Å²) < 4.78 is 0. The van der Waals surface area contributed by atoms with Gasteiger partial charge >= 0.3 is 0 Å². The molecule has 1 aliphatic heterocycles. The van der Waals surface area contributed by atoms with Crippen LogP contribution in [0, 0.1) is 11.3 Å². The zero-order chi connectivity index (χ0) is 10.1. The van der Waals surface area contributed by atoms with E-state index in [2.05, 4.69) is 20.8 Å². The SMILES string of the molecule is CC(=O)N1CCC[C@H](C(C)(C)C)C1. The van der Waals surface area contributed by atoms with E-state index in [1.165, 1.54) is 12.8 Å². The first-order valence-electron chi connectivity index (χ1n) is 5.17. The van der Waals surface area contributed by atoms with Crippen LogP contribution in [0.2, 0.25) is 0 Å². The van der Waals surface area contributed by atoms with Gasteiger partial charge in [0, 0.05) is 20.0 Å². The Morgan fingerprint density at radius 1 is 1.38 bits per heavy atom. The van der Waals surface area contributed by atoms with Crippen molar-refractivity contribution in [2.24, 2.45) is 11.3 Å². The molecule has 1 fully saturated rings. The Bertz CT molecular complexity index is 193. The van der Waals surface area contributed by atoms with E-state index in [0.717, 1.165) is 13.1 Å². The smallest absolute Gasteiger partial charge is 0.219 e. The summed E-state index contributed by atoms with van der Waals surface area (Å²) in [5.74, 6) is 0.902. The topological polar surface area (TPSA) is 20.3 Å². The summed E-state index contributed by atoms with van der Waals surface area (Å²) in [5, 5.41) is 0. The number of hydrogen-bond donors (Lipinski definition) is 0. The highest BCUT2D eigenvalue weighted by molar-refractivity contribution is 5.73. The maximum Gasteiger partial charge on any atom is 0.219 e. The first-order chi connectivity index (χ1) is 5.91. The fourth-order valence-electron chi connectivity index (χ4n) is 1.97. The summed E-state index contributed by atoms with van der Waals surface area (Å²) in [4.78, 5) is 13.2. The van der Waals surface area contributed by atoms with E-state index in [1.54, 1.807) is 6.92 Å². The molecule has 0 aliphatic carbocycles. The number of amides is 1. The van der Waals surface area contributed by atoms with Crippen molar-refractivity contribution in [1.29, 1.82) is 0 Å². The third-order valence-corrected chi connectivity index (χ3v) is 3.09. The highest BCUT2D eigenvalue weighted by atomic mass is 16.2. The van der Waals surface area contributed by atoms with Crippen molar-refractivity contribution in [2.75, 3.05) is 13.1 Å². The van der Waals surface area contributed by atoms with Crippen molar-refractivity contribution in [3.63, 3.8) is 0 Å². The summed E-state index contributed by atoms with van der Waals surface area (Å²) in [6.07, 6.45) is 2.44. The molecule has 2 nitrogen and oxygen atoms in total. The van der Waals surface area contributed by atoms with Gasteiger partial charge < -0.3 is 4.90 Å². The van der Waals surface area contributed by atoms with Crippen LogP contribution in [0.3, 0.4) is 0 Å². The molecule has 0 aromatic heterocycles. The monoisotopic (exact) mass is 183 g/mol. The Hall–Kier alpha value is -0.530. The van der Waals surface area contributed by atoms with Crippen LogP contribution < -0.4 is 0 Å². The molecule has 13 heavy (non-hydrogen) atoms. The van der Waals surface area contributed by atoms with Gasteiger partial charge in [-0.25, -0.2) is 0 Å². The number of hydrogen-bond acceptors (Lipinski definition) is 1. The van der Waals surface area contributed by atoms with Gasteiger partial charge in [0.2, 0.25) is 5.91 Å². The van der Waals surface area contributed by atoms with Crippen LogP contribution in [0.1, 0.15) is 40.5 Å². The van der Waals surface area contributed by atoms with Gasteiger partial charge in [-0.2, -0.15) is 0 Å². The molecule has 1 atom stereocenters. The molecular formula is C11H21NO. The third-order valence-electron chi connectivity index (χ3n) is 3.09. The lowest BCUT2D eigenvalue weighted by atomic mass is 9.76. The predicted molar refractivity (Wildman–Crippen MR) is 54.4 cm³/mol. The minimum atomic E-state index is 0.231. The van der Waals surface area contributed by atoms with Crippen LogP contribution in [0.15, 0.2) is 0 Å². The molecule has 1 heterocycles. The third kappa shape index (κ3) is 2.71. The Kier molecular flexibility index (Phi) is 2.99. The molecule has 0 unspecified atom stereocenters. The van der Waals surface area contributed by atoms with E-state index in [4.69, 9.17) is 0 Å². The Balaban J connectivity index is 2.57. The molecule has 0 saturated carbocycles. The molecule has 0 aromatic rings. The van der Waals surface area contributed by atoms with Crippen molar-refractivity contribution in [2.45, 2.75) is 40.5 Å². The van der Waals surface area contributed by atoms with Gasteiger partial charge in [0.1, 0.15) is 0 Å². The first kappa shape index (κ1) is 10.6. The van der Waals surface area contributed by atoms with Gasteiger partial charge in [0.15, 0.2) is 0 Å². The molecule has 0 radical (unpaired) electrons. The van der Waals surface area contributed by atoms with Gasteiger partial charge in [-0.1, -0.05) is 20.8 Å². The van der Waals surface area contributed by atoms with Gasteiger partial charge in [-0.15, -0.1) is 0 Å². The molecule has 0 aromatic carbocycles. The van der Waals surface area contributed by atoms with Crippen molar-refractivity contribution in [3.8, 4) is 0 Å². The van der Waals surface area contributed by atoms with E-state index in [1.807, 2.05) is 4.90 Å². The standard InChI is InChI=1S/C11H21NO/c1-9(13)12-7-5-6-10(8-12)11(2,3)4/h10H,5-8H2,1-4H3/t10-/m0/s1. The zero-order valence-electron chi connectivity index (χ0n) is 9.26. The first-order valence-corrected chi connectivity index (χ1v) is 5.17. The Labute approximate surface area is 81.3 Å². The zero-order valence-corrected chi connectivity index (χ0v) is 9.26. The van der Waals surface area contributed by atoms with Gasteiger partial charge in [0.05, 0.1) is 0 Å². The highest BCUT2D eigenvalue weighted by Crippen LogP contribution is 2.33. The lowest BCUT2D eigenvalue weighted by Crippen LogP contribution is -2.42. The second kappa shape index (κ2) is 3.69. The van der Waals surface area contributed by atoms with Crippen molar-refractivity contribution in [1.82, 2.24) is 4.90 Å². The molecule has 0 spiro atoms. The normalized spacial score (nSPS) is 24.6. The molecule has 1 rings (SSSR count). The van der Waals surface area contributed by atoms with Crippen LogP contribution in [0.5, 0.6) is 0 Å². The number of carbonyl (C=O) groups excluding carboxylic acids is 1. The molecule has 2 heteroatoms. The fourth-order valence-corrected chi connectivity index (χ4v) is 1.97. The average molecular weight is 183 g/mol. The molecule has 0 N–H and O–H groups in total. The van der Waals surface area contributed by atoms with Crippen molar-refractivity contribution >= 4 is 5.91 Å². The molecule has 0 bridgehead atoms. The lowest BCUT2D eigenvalue weighted by molar-refractivity contribution is -0.131. The average Bonchev–Trinajstić information content (AvgIpc) is 2.03. The fraction of sp³-hybridized carbons (Fsp3) is 0.909. The minimum Gasteiger partial charge on any atom is -0.343 e. The van der Waals surface area contributed by atoms with E-state index < -0.39 is 0 Å². The molecule has 1 amide bonds. The highest BCUT2D eigenvalue weighted by Gasteiger charge is 2.30. The van der Waals surface area contributed by atoms with Gasteiger partial charge in [-0.3, -0.25) is 4.79 Å². The number of rotatable bonds is 0. The van der Waals surface area contributed by atoms with Crippen LogP contribution >= 0.6 is 0 Å². The summed E-state index contributed by atoms with van der Waals surface area (Å²) in [6.45, 7) is 10.4. The second-order valence-electron chi connectivity index (χ2n) is 5.17. The quantitative estimate of drug-likeness (QED) is 0.564. The summed E-state index contributed by atoms with van der Waals surface area (Å²) in [5.41, 5.74) is 0.341. The summed E-state index contributed by atoms with van der Waals surface area (Å²) in [6, 6.07) is 0. The maximum absolute atomic E-state index is 11.2. The summed E-state index contributed by atoms with van der Waals surface area (Å²) >= 11 is 0. The predicted octanol–water partition coefficient (Wildman–Crippen LogP) is 2.29. The molecule has 1 aliphatic rings. The van der Waals surface area contributed by atoms with Crippen LogP contribution in [-0.4, -0.2) is 23.9 Å². The second-order valence-corrected chi connectivity index (χ2v) is 5.17. The van der Waals surface area contributed by atoms with Crippen molar-refractivity contribution in [3.05, 3.63) is 0 Å². The lowest BCUT2D eigenvalue weighted by Gasteiger charge is -2.39. The number of nitrogens with zero attached hydrogens (tertiary/aromatic N) is 1. The largest absolute Gasteiger partial charge is 0.343 e. The number of carbonyl (C=O) groups is 1. The maximum atomic E-state index is 11.2. The Morgan fingerprint density at radius 3 is 2.46 bits per heavy atom. The van der Waals surface area contributed by atoms with Crippen LogP contribution in [-0.2, 0) is 4.79 Å².